The summed E-state index contributed by atoms with van der Waals surface area (Å²) in [7, 11) is 0. The molecule has 0 saturated carbocycles. The number of hydrazine groups is 1. The lowest BCUT2D eigenvalue weighted by Crippen LogP contribution is -2.42. The minimum absolute atomic E-state index is 0.00915. The van der Waals surface area contributed by atoms with E-state index in [-0.39, 0.29) is 17.9 Å². The van der Waals surface area contributed by atoms with E-state index in [9.17, 15) is 14.4 Å². The number of hydrogen-bond acceptors (Lipinski definition) is 6. The minimum atomic E-state index is -0.411. The highest BCUT2D eigenvalue weighted by Crippen LogP contribution is 2.21. The van der Waals surface area contributed by atoms with E-state index < -0.39 is 11.8 Å². The third kappa shape index (κ3) is 4.05. The Morgan fingerprint density at radius 3 is 2.55 bits per heavy atom. The summed E-state index contributed by atoms with van der Waals surface area (Å²) in [6.07, 6.45) is 1.61. The van der Waals surface area contributed by atoms with Crippen molar-refractivity contribution in [2.24, 2.45) is 0 Å². The Kier molecular flexibility index (Phi) is 5.80. The van der Waals surface area contributed by atoms with E-state index in [1.54, 1.807) is 59.0 Å². The van der Waals surface area contributed by atoms with Crippen LogP contribution in [0.1, 0.15) is 10.4 Å². The predicted molar refractivity (Wildman–Crippen MR) is 118 cm³/mol. The Morgan fingerprint density at radius 1 is 1.03 bits per heavy atom. The van der Waals surface area contributed by atoms with Crippen LogP contribution in [0.4, 0.5) is 0 Å². The van der Waals surface area contributed by atoms with Crippen LogP contribution in [0, 0.1) is 0 Å². The average Bonchev–Trinajstić information content (AvgIpc) is 3.23. The van der Waals surface area contributed by atoms with Crippen LogP contribution in [0.3, 0.4) is 0 Å². The molecule has 2 heterocycles. The lowest BCUT2D eigenvalue weighted by atomic mass is 10.2. The highest BCUT2D eigenvalue weighted by Gasteiger charge is 2.17. The van der Waals surface area contributed by atoms with Crippen LogP contribution in [0.15, 0.2) is 77.2 Å². The van der Waals surface area contributed by atoms with Crippen LogP contribution in [-0.2, 0) is 11.3 Å². The van der Waals surface area contributed by atoms with E-state index >= 15 is 0 Å². The van der Waals surface area contributed by atoms with Crippen molar-refractivity contribution in [3.8, 4) is 0 Å². The number of benzene rings is 2. The van der Waals surface area contributed by atoms with Crippen molar-refractivity contribution in [3.63, 3.8) is 0 Å². The maximum absolute atomic E-state index is 12.8. The largest absolute Gasteiger partial charge is 0.272 e. The maximum atomic E-state index is 12.8. The molecular weight excluding hydrogens is 416 g/mol. The second-order valence-corrected chi connectivity index (χ2v) is 7.44. The van der Waals surface area contributed by atoms with Gasteiger partial charge < -0.3 is 0 Å². The third-order valence-electron chi connectivity index (χ3n) is 4.47. The third-order valence-corrected chi connectivity index (χ3v) is 5.40. The second kappa shape index (κ2) is 8.84. The number of carbonyl (C=O) groups excluding carboxylic acids is 2. The number of para-hydroxylation sites is 1. The average molecular weight is 434 g/mol. The van der Waals surface area contributed by atoms with Crippen molar-refractivity contribution < 1.29 is 9.59 Å². The highest BCUT2D eigenvalue weighted by atomic mass is 32.2. The highest BCUT2D eigenvalue weighted by molar-refractivity contribution is 7.99. The van der Waals surface area contributed by atoms with Gasteiger partial charge in [-0.1, -0.05) is 48.2 Å². The Labute approximate surface area is 180 Å². The summed E-state index contributed by atoms with van der Waals surface area (Å²) in [6, 6.07) is 15.7. The topological polar surface area (TPSA) is 110 Å². The lowest BCUT2D eigenvalue weighted by Gasteiger charge is -2.10. The Morgan fingerprint density at radius 2 is 1.77 bits per heavy atom. The summed E-state index contributed by atoms with van der Waals surface area (Å²) < 4.78 is 3.22. The monoisotopic (exact) mass is 434 g/mol. The van der Waals surface area contributed by atoms with Gasteiger partial charge >= 0.3 is 0 Å². The van der Waals surface area contributed by atoms with Crippen LogP contribution < -0.4 is 16.4 Å². The molecule has 31 heavy (non-hydrogen) atoms. The minimum Gasteiger partial charge on any atom is -0.272 e. The van der Waals surface area contributed by atoms with Crippen molar-refractivity contribution >= 4 is 40.3 Å². The van der Waals surface area contributed by atoms with Gasteiger partial charge in [-0.15, -0.1) is 16.8 Å². The van der Waals surface area contributed by atoms with E-state index in [4.69, 9.17) is 0 Å². The first-order valence-electron chi connectivity index (χ1n) is 9.34. The number of allylic oxidation sites excluding steroid dienone is 1. The van der Waals surface area contributed by atoms with Crippen molar-refractivity contribution in [2.45, 2.75) is 11.7 Å². The van der Waals surface area contributed by atoms with Gasteiger partial charge in [0.1, 0.15) is 0 Å². The molecule has 0 spiro atoms. The molecule has 2 amide bonds. The summed E-state index contributed by atoms with van der Waals surface area (Å²) >= 11 is 1.14. The second-order valence-electron chi connectivity index (χ2n) is 6.50. The van der Waals surface area contributed by atoms with Crippen LogP contribution in [0.2, 0.25) is 0 Å². The van der Waals surface area contributed by atoms with Crippen molar-refractivity contribution in [1.82, 2.24) is 30.0 Å². The Bertz CT molecular complexity index is 1350. The predicted octanol–water partition coefficient (Wildman–Crippen LogP) is 1.78. The van der Waals surface area contributed by atoms with Crippen LogP contribution in [0.5, 0.6) is 0 Å². The molecule has 0 bridgehead atoms. The van der Waals surface area contributed by atoms with Gasteiger partial charge in [-0.2, -0.15) is 0 Å². The summed E-state index contributed by atoms with van der Waals surface area (Å²) in [5, 5.41) is 9.27. The quantitative estimate of drug-likeness (QED) is 0.272. The zero-order chi connectivity index (χ0) is 21.8. The first-order valence-corrected chi connectivity index (χ1v) is 10.3. The van der Waals surface area contributed by atoms with Gasteiger partial charge in [-0.3, -0.25) is 34.2 Å². The molecule has 2 aromatic carbocycles. The van der Waals surface area contributed by atoms with E-state index in [1.165, 1.54) is 4.57 Å². The molecule has 0 radical (unpaired) electrons. The zero-order valence-electron chi connectivity index (χ0n) is 16.3. The number of fused-ring (bicyclic) bond motifs is 3. The summed E-state index contributed by atoms with van der Waals surface area (Å²) in [6.45, 7) is 3.98. The molecule has 0 aliphatic carbocycles. The van der Waals surface area contributed by atoms with Gasteiger partial charge in [0.15, 0.2) is 5.16 Å². The Balaban J connectivity index is 1.54. The molecule has 10 heteroatoms. The van der Waals surface area contributed by atoms with Crippen LogP contribution >= 0.6 is 11.8 Å². The zero-order valence-corrected chi connectivity index (χ0v) is 17.1. The molecule has 0 atom stereocenters. The number of rotatable bonds is 6. The molecule has 4 rings (SSSR count). The van der Waals surface area contributed by atoms with Gasteiger partial charge in [0.2, 0.25) is 11.7 Å². The van der Waals surface area contributed by atoms with E-state index in [0.717, 1.165) is 11.8 Å². The number of carbonyl (C=O) groups is 2. The normalized spacial score (nSPS) is 10.8. The molecule has 0 unspecified atom stereocenters. The van der Waals surface area contributed by atoms with Crippen molar-refractivity contribution in [3.05, 3.63) is 83.2 Å². The number of hydrogen-bond donors (Lipinski definition) is 2. The van der Waals surface area contributed by atoms with Crippen molar-refractivity contribution in [2.75, 3.05) is 5.75 Å². The van der Waals surface area contributed by atoms with Gasteiger partial charge in [0, 0.05) is 12.1 Å². The van der Waals surface area contributed by atoms with Gasteiger partial charge in [-0.05, 0) is 24.3 Å². The molecule has 9 nitrogen and oxygen atoms in total. The SMILES string of the molecule is C=CCn1c(=O)c2ccccc2n2c(SCC(=O)NNC(=O)c3ccccc3)nnc12. The maximum Gasteiger partial charge on any atom is 0.269 e. The number of thioether (sulfide) groups is 1. The van der Waals surface area contributed by atoms with Gasteiger partial charge in [0.25, 0.3) is 11.5 Å². The molecule has 2 N–H and O–H groups in total. The summed E-state index contributed by atoms with van der Waals surface area (Å²) in [4.78, 5) is 37.1. The summed E-state index contributed by atoms with van der Waals surface area (Å²) in [5.41, 5.74) is 5.66. The Hall–Kier alpha value is -3.92. The number of amides is 2. The standard InChI is InChI=1S/C21H18N6O3S/c1-2-12-26-19(30)15-10-6-7-11-16(15)27-20(26)24-25-21(27)31-13-17(28)22-23-18(29)14-8-4-3-5-9-14/h2-11H,1,12-13H2,(H,22,28)(H,23,29). The number of nitrogens with zero attached hydrogens (tertiary/aromatic N) is 4. The fourth-order valence-corrected chi connectivity index (χ4v) is 3.82. The smallest absolute Gasteiger partial charge is 0.269 e. The first-order chi connectivity index (χ1) is 15.1. The molecule has 0 fully saturated rings. The molecule has 4 aromatic rings. The number of aromatic nitrogens is 4. The first kappa shape index (κ1) is 20.4. The van der Waals surface area contributed by atoms with Crippen LogP contribution in [0.25, 0.3) is 16.7 Å². The molecule has 0 aliphatic heterocycles. The molecule has 0 aliphatic rings. The molecule has 0 saturated heterocycles. The number of nitrogens with one attached hydrogen (secondary N) is 2. The van der Waals surface area contributed by atoms with E-state index in [0.29, 0.717) is 27.4 Å². The van der Waals surface area contributed by atoms with Gasteiger partial charge in [0.05, 0.1) is 16.7 Å². The molecular formula is C21H18N6O3S. The lowest BCUT2D eigenvalue weighted by molar-refractivity contribution is -0.119. The summed E-state index contributed by atoms with van der Waals surface area (Å²) in [5.74, 6) is -0.463. The fourth-order valence-electron chi connectivity index (χ4n) is 3.08. The molecule has 2 aromatic heterocycles. The molecule has 156 valence electrons. The van der Waals surface area contributed by atoms with E-state index in [2.05, 4.69) is 27.6 Å². The van der Waals surface area contributed by atoms with Gasteiger partial charge in [-0.25, -0.2) is 0 Å². The van der Waals surface area contributed by atoms with Crippen LogP contribution in [-0.4, -0.2) is 36.7 Å². The van der Waals surface area contributed by atoms with E-state index in [1.807, 2.05) is 6.07 Å². The van der Waals surface area contributed by atoms with Crippen molar-refractivity contribution in [1.29, 1.82) is 0 Å². The fraction of sp³-hybridized carbons (Fsp3) is 0.0952.